The summed E-state index contributed by atoms with van der Waals surface area (Å²) in [6.07, 6.45) is 0.841. The minimum Gasteiger partial charge on any atom is -0.367 e. The number of rotatable bonds is 5. The number of hydrogen-bond acceptors (Lipinski definition) is 5. The first-order valence-corrected chi connectivity index (χ1v) is 9.36. The van der Waals surface area contributed by atoms with Gasteiger partial charge in [-0.25, -0.2) is 9.97 Å². The molecule has 3 aromatic rings. The van der Waals surface area contributed by atoms with Crippen molar-refractivity contribution in [3.8, 4) is 11.3 Å². The maximum absolute atomic E-state index is 12.3. The van der Waals surface area contributed by atoms with Gasteiger partial charge in [-0.3, -0.25) is 4.79 Å². The summed E-state index contributed by atoms with van der Waals surface area (Å²) >= 11 is 0. The number of aryl methyl sites for hydroxylation is 1. The summed E-state index contributed by atoms with van der Waals surface area (Å²) in [7, 11) is 0. The molecule has 2 aromatic heterocycles. The number of aromatic nitrogens is 3. The van der Waals surface area contributed by atoms with Crippen molar-refractivity contribution in [3.05, 3.63) is 41.2 Å². The molecule has 1 aliphatic rings. The van der Waals surface area contributed by atoms with Gasteiger partial charge in [0, 0.05) is 43.9 Å². The molecule has 1 amide bonds. The maximum Gasteiger partial charge on any atom is 0.253 e. The average Bonchev–Trinajstić information content (AvgIpc) is 3.05. The molecular formula is C20H24N6O. The quantitative estimate of drug-likeness (QED) is 0.644. The van der Waals surface area contributed by atoms with Gasteiger partial charge in [0.05, 0.1) is 22.5 Å². The van der Waals surface area contributed by atoms with Gasteiger partial charge in [0.2, 0.25) is 0 Å². The number of nitrogens with two attached hydrogens (primary N) is 1. The Hall–Kier alpha value is -2.93. The van der Waals surface area contributed by atoms with E-state index >= 15 is 0 Å². The van der Waals surface area contributed by atoms with Crippen molar-refractivity contribution in [2.75, 3.05) is 25.0 Å². The van der Waals surface area contributed by atoms with Crippen LogP contribution in [0.4, 0.5) is 5.82 Å². The number of para-hydroxylation sites is 1. The molecule has 4 rings (SSSR count). The summed E-state index contributed by atoms with van der Waals surface area (Å²) in [5.74, 6) is 0.745. The number of benzene rings is 1. The van der Waals surface area contributed by atoms with Crippen LogP contribution in [0.2, 0.25) is 0 Å². The maximum atomic E-state index is 12.3. The first kappa shape index (κ1) is 17.5. The third-order valence-electron chi connectivity index (χ3n) is 5.00. The van der Waals surface area contributed by atoms with Gasteiger partial charge < -0.3 is 20.9 Å². The zero-order valence-corrected chi connectivity index (χ0v) is 15.7. The molecule has 0 saturated carbocycles. The first-order valence-electron chi connectivity index (χ1n) is 9.36. The van der Waals surface area contributed by atoms with Crippen molar-refractivity contribution in [1.82, 2.24) is 19.9 Å². The zero-order valence-electron chi connectivity index (χ0n) is 15.7. The van der Waals surface area contributed by atoms with E-state index < -0.39 is 0 Å². The third kappa shape index (κ3) is 2.94. The van der Waals surface area contributed by atoms with E-state index in [0.717, 1.165) is 58.0 Å². The molecule has 0 aliphatic carbocycles. The first-order chi connectivity index (χ1) is 13.1. The minimum atomic E-state index is -0.00262. The van der Waals surface area contributed by atoms with Gasteiger partial charge in [-0.1, -0.05) is 12.1 Å². The highest BCUT2D eigenvalue weighted by Crippen LogP contribution is 2.32. The summed E-state index contributed by atoms with van der Waals surface area (Å²) in [5.41, 5.74) is 12.0. The third-order valence-corrected chi connectivity index (χ3v) is 5.00. The topological polar surface area (TPSA) is 97.9 Å². The zero-order chi connectivity index (χ0) is 19.0. The van der Waals surface area contributed by atoms with E-state index in [9.17, 15) is 4.79 Å². The molecular weight excluding hydrogens is 340 g/mol. The number of carbonyl (C=O) groups is 1. The SMILES string of the molecule is CCn1c(-c2cccc3nc(C)c(NCCN)nc23)cc2c1CCNC2=O. The highest BCUT2D eigenvalue weighted by atomic mass is 16.1. The number of nitrogens with one attached hydrogen (secondary N) is 2. The molecule has 4 N–H and O–H groups in total. The lowest BCUT2D eigenvalue weighted by molar-refractivity contribution is 0.0945. The van der Waals surface area contributed by atoms with Crippen molar-refractivity contribution < 1.29 is 4.79 Å². The molecule has 3 heterocycles. The Kier molecular flexibility index (Phi) is 4.53. The van der Waals surface area contributed by atoms with Crippen LogP contribution in [-0.4, -0.2) is 40.1 Å². The fraction of sp³-hybridized carbons (Fsp3) is 0.350. The smallest absolute Gasteiger partial charge is 0.253 e. The van der Waals surface area contributed by atoms with Crippen LogP contribution in [0.5, 0.6) is 0 Å². The van der Waals surface area contributed by atoms with Gasteiger partial charge in [0.25, 0.3) is 5.91 Å². The Morgan fingerprint density at radius 3 is 2.93 bits per heavy atom. The van der Waals surface area contributed by atoms with Crippen molar-refractivity contribution >= 4 is 22.8 Å². The van der Waals surface area contributed by atoms with Crippen LogP contribution in [0.15, 0.2) is 24.3 Å². The van der Waals surface area contributed by atoms with E-state index in [1.807, 2.05) is 31.2 Å². The predicted molar refractivity (Wildman–Crippen MR) is 107 cm³/mol. The normalized spacial score (nSPS) is 13.5. The molecule has 27 heavy (non-hydrogen) atoms. The second kappa shape index (κ2) is 7.00. The molecule has 140 valence electrons. The van der Waals surface area contributed by atoms with Gasteiger partial charge >= 0.3 is 0 Å². The highest BCUT2D eigenvalue weighted by molar-refractivity contribution is 6.00. The standard InChI is InChI=1S/C20H24N6O/c1-3-26-16-7-9-23-20(27)14(16)11-17(26)13-5-4-6-15-18(13)25-19(12(2)24-15)22-10-8-21/h4-6,11H,3,7-10,21H2,1-2H3,(H,22,25)(H,23,27). The largest absolute Gasteiger partial charge is 0.367 e. The van der Waals surface area contributed by atoms with Gasteiger partial charge in [0.1, 0.15) is 11.3 Å². The van der Waals surface area contributed by atoms with E-state index in [2.05, 4.69) is 22.1 Å². The van der Waals surface area contributed by atoms with E-state index in [1.165, 1.54) is 0 Å². The summed E-state index contributed by atoms with van der Waals surface area (Å²) in [4.78, 5) is 21.9. The van der Waals surface area contributed by atoms with Crippen LogP contribution < -0.4 is 16.4 Å². The Bertz CT molecular complexity index is 1020. The van der Waals surface area contributed by atoms with Crippen LogP contribution >= 0.6 is 0 Å². The highest BCUT2D eigenvalue weighted by Gasteiger charge is 2.24. The number of fused-ring (bicyclic) bond motifs is 2. The lowest BCUT2D eigenvalue weighted by Gasteiger charge is -2.17. The van der Waals surface area contributed by atoms with E-state index in [0.29, 0.717) is 19.6 Å². The summed E-state index contributed by atoms with van der Waals surface area (Å²) in [6.45, 7) is 6.69. The van der Waals surface area contributed by atoms with Crippen molar-refractivity contribution in [2.24, 2.45) is 5.73 Å². The molecule has 1 aliphatic heterocycles. The second-order valence-electron chi connectivity index (χ2n) is 6.69. The lowest BCUT2D eigenvalue weighted by atomic mass is 10.1. The van der Waals surface area contributed by atoms with E-state index in [-0.39, 0.29) is 5.91 Å². The number of nitrogens with zero attached hydrogens (tertiary/aromatic N) is 3. The molecule has 0 bridgehead atoms. The van der Waals surface area contributed by atoms with Crippen LogP contribution in [0, 0.1) is 6.92 Å². The molecule has 0 spiro atoms. The molecule has 1 aromatic carbocycles. The fourth-order valence-corrected chi connectivity index (χ4v) is 3.76. The Morgan fingerprint density at radius 2 is 2.15 bits per heavy atom. The minimum absolute atomic E-state index is 0.00262. The molecule has 0 fully saturated rings. The van der Waals surface area contributed by atoms with Gasteiger partial charge in [-0.15, -0.1) is 0 Å². The van der Waals surface area contributed by atoms with Gasteiger partial charge in [0.15, 0.2) is 0 Å². The fourth-order valence-electron chi connectivity index (χ4n) is 3.76. The number of hydrogen-bond donors (Lipinski definition) is 3. The van der Waals surface area contributed by atoms with Crippen molar-refractivity contribution in [3.63, 3.8) is 0 Å². The lowest BCUT2D eigenvalue weighted by Crippen LogP contribution is -2.32. The van der Waals surface area contributed by atoms with E-state index in [4.69, 9.17) is 15.7 Å². The Balaban J connectivity index is 1.93. The summed E-state index contributed by atoms with van der Waals surface area (Å²) in [5, 5.41) is 6.18. The predicted octanol–water partition coefficient (Wildman–Crippen LogP) is 2.08. The van der Waals surface area contributed by atoms with Crippen LogP contribution in [0.1, 0.15) is 28.7 Å². The van der Waals surface area contributed by atoms with Crippen molar-refractivity contribution in [1.29, 1.82) is 0 Å². The Labute approximate surface area is 158 Å². The molecule has 7 heteroatoms. The van der Waals surface area contributed by atoms with E-state index in [1.54, 1.807) is 0 Å². The number of carbonyl (C=O) groups excluding carboxylic acids is 1. The van der Waals surface area contributed by atoms with Gasteiger partial charge in [-0.2, -0.15) is 0 Å². The van der Waals surface area contributed by atoms with Crippen LogP contribution in [0.3, 0.4) is 0 Å². The average molecular weight is 364 g/mol. The van der Waals surface area contributed by atoms with Crippen LogP contribution in [-0.2, 0) is 13.0 Å². The number of anilines is 1. The molecule has 7 nitrogen and oxygen atoms in total. The van der Waals surface area contributed by atoms with Crippen LogP contribution in [0.25, 0.3) is 22.3 Å². The van der Waals surface area contributed by atoms with Crippen molar-refractivity contribution in [2.45, 2.75) is 26.8 Å². The number of amides is 1. The summed E-state index contributed by atoms with van der Waals surface area (Å²) in [6, 6.07) is 7.99. The molecule has 0 atom stereocenters. The monoisotopic (exact) mass is 364 g/mol. The van der Waals surface area contributed by atoms with Gasteiger partial charge in [-0.05, 0) is 26.0 Å². The molecule has 0 saturated heterocycles. The second-order valence-corrected chi connectivity index (χ2v) is 6.69. The summed E-state index contributed by atoms with van der Waals surface area (Å²) < 4.78 is 2.22. The molecule has 0 radical (unpaired) electrons. The molecule has 0 unspecified atom stereocenters. The Morgan fingerprint density at radius 1 is 1.30 bits per heavy atom.